The van der Waals surface area contributed by atoms with E-state index < -0.39 is 0 Å². The van der Waals surface area contributed by atoms with E-state index in [0.29, 0.717) is 5.75 Å². The topological polar surface area (TPSA) is 50.7 Å². The highest BCUT2D eigenvalue weighted by atomic mass is 32.1. The monoisotopic (exact) mass is 288 g/mol. The van der Waals surface area contributed by atoms with Gasteiger partial charge in [0.1, 0.15) is 5.75 Å². The number of carbonyl (C=O) groups is 1. The van der Waals surface area contributed by atoms with Gasteiger partial charge in [0.15, 0.2) is 6.61 Å². The van der Waals surface area contributed by atoms with Gasteiger partial charge in [0.05, 0.1) is 10.6 Å². The maximum absolute atomic E-state index is 11.6. The first-order chi connectivity index (χ1) is 9.65. The van der Waals surface area contributed by atoms with Crippen molar-refractivity contribution < 1.29 is 9.53 Å². The molecule has 0 aliphatic carbocycles. The molecule has 1 amide bonds. The molecule has 1 aromatic heterocycles. The molecule has 0 aliphatic rings. The minimum absolute atomic E-state index is 0.0513. The fourth-order valence-electron chi connectivity index (χ4n) is 1.53. The van der Waals surface area contributed by atoms with Gasteiger partial charge in [0.2, 0.25) is 0 Å². The number of nitrogens with zero attached hydrogens (tertiary/aromatic N) is 1. The average Bonchev–Trinajstić information content (AvgIpc) is 2.90. The Morgan fingerprint density at radius 2 is 2.00 bits per heavy atom. The van der Waals surface area contributed by atoms with Crippen molar-refractivity contribution in [3.63, 3.8) is 0 Å². The Kier molecular flexibility index (Phi) is 4.90. The van der Waals surface area contributed by atoms with Crippen molar-refractivity contribution in [2.24, 2.45) is 5.10 Å². The van der Waals surface area contributed by atoms with Gasteiger partial charge in [0, 0.05) is 4.88 Å². The van der Waals surface area contributed by atoms with Crippen LogP contribution in [0.25, 0.3) is 0 Å². The maximum atomic E-state index is 11.6. The van der Waals surface area contributed by atoms with Crippen molar-refractivity contribution in [3.05, 3.63) is 52.2 Å². The third kappa shape index (κ3) is 4.20. The normalized spacial score (nSPS) is 11.2. The summed E-state index contributed by atoms with van der Waals surface area (Å²) >= 11 is 1.64. The number of rotatable bonds is 5. The molecule has 0 unspecified atom stereocenters. The standard InChI is InChI=1S/C15H16N2O2S/c1-11-8-9-14(20-11)12(2)16-17-15(18)10-19-13-6-4-3-5-7-13/h3-9H,10H2,1-2H3,(H,17,18). The molecule has 0 fully saturated rings. The Bertz CT molecular complexity index is 605. The van der Waals surface area contributed by atoms with Gasteiger partial charge in [0.25, 0.3) is 5.91 Å². The number of carbonyl (C=O) groups excluding carboxylic acids is 1. The van der Waals surface area contributed by atoms with E-state index in [1.165, 1.54) is 4.88 Å². The Morgan fingerprint density at radius 1 is 1.25 bits per heavy atom. The van der Waals surface area contributed by atoms with Crippen LogP contribution in [-0.4, -0.2) is 18.2 Å². The number of hydrogen-bond acceptors (Lipinski definition) is 4. The zero-order chi connectivity index (χ0) is 14.4. The van der Waals surface area contributed by atoms with Crippen molar-refractivity contribution in [1.82, 2.24) is 5.43 Å². The summed E-state index contributed by atoms with van der Waals surface area (Å²) in [6, 6.07) is 13.2. The van der Waals surface area contributed by atoms with Gasteiger partial charge in [-0.15, -0.1) is 11.3 Å². The molecule has 2 rings (SSSR count). The van der Waals surface area contributed by atoms with Gasteiger partial charge >= 0.3 is 0 Å². The number of hydrogen-bond donors (Lipinski definition) is 1. The molecule has 2 aromatic rings. The lowest BCUT2D eigenvalue weighted by Gasteiger charge is -2.04. The molecular weight excluding hydrogens is 272 g/mol. The quantitative estimate of drug-likeness (QED) is 0.679. The zero-order valence-electron chi connectivity index (χ0n) is 11.4. The summed E-state index contributed by atoms with van der Waals surface area (Å²) in [6.07, 6.45) is 0. The summed E-state index contributed by atoms with van der Waals surface area (Å²) < 4.78 is 5.33. The number of nitrogens with one attached hydrogen (secondary N) is 1. The summed E-state index contributed by atoms with van der Waals surface area (Å²) in [4.78, 5) is 13.9. The molecule has 104 valence electrons. The predicted octanol–water partition coefficient (Wildman–Crippen LogP) is 2.98. The molecule has 20 heavy (non-hydrogen) atoms. The molecule has 0 spiro atoms. The molecule has 5 heteroatoms. The molecule has 0 saturated carbocycles. The van der Waals surface area contributed by atoms with Crippen molar-refractivity contribution >= 4 is 23.0 Å². The van der Waals surface area contributed by atoms with Crippen molar-refractivity contribution in [1.29, 1.82) is 0 Å². The van der Waals surface area contributed by atoms with E-state index in [9.17, 15) is 4.79 Å². The van der Waals surface area contributed by atoms with Crippen molar-refractivity contribution in [2.75, 3.05) is 6.61 Å². The first-order valence-electron chi connectivity index (χ1n) is 6.23. The number of para-hydroxylation sites is 1. The summed E-state index contributed by atoms with van der Waals surface area (Å²) in [5.74, 6) is 0.388. The van der Waals surface area contributed by atoms with Gasteiger partial charge in [-0.25, -0.2) is 5.43 Å². The third-order valence-electron chi connectivity index (χ3n) is 2.56. The highest BCUT2D eigenvalue weighted by Crippen LogP contribution is 2.15. The van der Waals surface area contributed by atoms with E-state index in [-0.39, 0.29) is 12.5 Å². The average molecular weight is 288 g/mol. The Morgan fingerprint density at radius 3 is 2.65 bits per heavy atom. The van der Waals surface area contributed by atoms with Crippen molar-refractivity contribution in [2.45, 2.75) is 13.8 Å². The fourth-order valence-corrected chi connectivity index (χ4v) is 2.34. The van der Waals surface area contributed by atoms with E-state index in [1.807, 2.05) is 44.2 Å². The second kappa shape index (κ2) is 6.86. The second-order valence-electron chi connectivity index (χ2n) is 4.24. The minimum Gasteiger partial charge on any atom is -0.484 e. The lowest BCUT2D eigenvalue weighted by Crippen LogP contribution is -2.25. The first kappa shape index (κ1) is 14.3. The summed E-state index contributed by atoms with van der Waals surface area (Å²) in [7, 11) is 0. The van der Waals surface area contributed by atoms with Crippen LogP contribution in [0, 0.1) is 6.92 Å². The number of hydrazone groups is 1. The van der Waals surface area contributed by atoms with Crippen LogP contribution in [0.4, 0.5) is 0 Å². The molecule has 0 atom stereocenters. The number of amides is 1. The van der Waals surface area contributed by atoms with Gasteiger partial charge in [-0.05, 0) is 38.1 Å². The lowest BCUT2D eigenvalue weighted by atomic mass is 10.3. The lowest BCUT2D eigenvalue weighted by molar-refractivity contribution is -0.123. The van der Waals surface area contributed by atoms with Crippen molar-refractivity contribution in [3.8, 4) is 5.75 Å². The van der Waals surface area contributed by atoms with Gasteiger partial charge in [-0.1, -0.05) is 18.2 Å². The van der Waals surface area contributed by atoms with Crippen LogP contribution in [0.15, 0.2) is 47.6 Å². The Hall–Kier alpha value is -2.14. The van der Waals surface area contributed by atoms with Gasteiger partial charge in [-0.3, -0.25) is 4.79 Å². The van der Waals surface area contributed by atoms with Gasteiger partial charge in [-0.2, -0.15) is 5.10 Å². The van der Waals surface area contributed by atoms with Crippen LogP contribution < -0.4 is 10.2 Å². The molecule has 1 heterocycles. The minimum atomic E-state index is -0.276. The molecule has 4 nitrogen and oxygen atoms in total. The largest absolute Gasteiger partial charge is 0.484 e. The zero-order valence-corrected chi connectivity index (χ0v) is 12.2. The summed E-state index contributed by atoms with van der Waals surface area (Å²) in [5.41, 5.74) is 3.28. The molecule has 1 N–H and O–H groups in total. The van der Waals surface area contributed by atoms with Crippen LogP contribution in [0.1, 0.15) is 16.7 Å². The molecule has 0 saturated heterocycles. The van der Waals surface area contributed by atoms with Crippen LogP contribution >= 0.6 is 11.3 Å². The molecule has 0 bridgehead atoms. The molecule has 0 aliphatic heterocycles. The summed E-state index contributed by atoms with van der Waals surface area (Å²) in [5, 5.41) is 4.07. The fraction of sp³-hybridized carbons (Fsp3) is 0.200. The van der Waals surface area contributed by atoms with Crippen LogP contribution in [0.2, 0.25) is 0 Å². The number of ether oxygens (including phenoxy) is 1. The third-order valence-corrected chi connectivity index (χ3v) is 3.67. The number of aryl methyl sites for hydroxylation is 1. The van der Waals surface area contributed by atoms with E-state index in [1.54, 1.807) is 23.5 Å². The Balaban J connectivity index is 1.83. The number of benzene rings is 1. The second-order valence-corrected chi connectivity index (χ2v) is 5.53. The Labute approximate surface area is 122 Å². The highest BCUT2D eigenvalue weighted by molar-refractivity contribution is 7.14. The smallest absolute Gasteiger partial charge is 0.277 e. The highest BCUT2D eigenvalue weighted by Gasteiger charge is 2.04. The van der Waals surface area contributed by atoms with Crippen LogP contribution in [-0.2, 0) is 4.79 Å². The predicted molar refractivity (Wildman–Crippen MR) is 81.3 cm³/mol. The molecular formula is C15H16N2O2S. The van der Waals surface area contributed by atoms with E-state index in [2.05, 4.69) is 10.5 Å². The van der Waals surface area contributed by atoms with E-state index in [4.69, 9.17) is 4.74 Å². The maximum Gasteiger partial charge on any atom is 0.277 e. The first-order valence-corrected chi connectivity index (χ1v) is 7.04. The number of thiophene rings is 1. The summed E-state index contributed by atoms with van der Waals surface area (Å²) in [6.45, 7) is 3.85. The van der Waals surface area contributed by atoms with E-state index >= 15 is 0 Å². The van der Waals surface area contributed by atoms with Gasteiger partial charge < -0.3 is 4.74 Å². The molecule has 0 radical (unpaired) electrons. The molecule has 1 aromatic carbocycles. The van der Waals surface area contributed by atoms with Crippen LogP contribution in [0.3, 0.4) is 0 Å². The SMILES string of the molecule is CC(=NNC(=O)COc1ccccc1)c1ccc(C)s1. The van der Waals surface area contributed by atoms with Crippen LogP contribution in [0.5, 0.6) is 5.75 Å². The van der Waals surface area contributed by atoms with E-state index in [0.717, 1.165) is 10.6 Å².